The number of Topliss-reactive ketones (excluding diaryl/α,β-unsaturated/α-hetero) is 1. The molecule has 1 aliphatic rings. The maximum absolute atomic E-state index is 15.0. The molecule has 0 spiro atoms. The molecular formula is C26H23F4N7O2. The molecule has 0 saturated heterocycles. The van der Waals surface area contributed by atoms with Crippen LogP contribution in [0.5, 0.6) is 5.88 Å². The molecule has 13 heteroatoms. The average molecular weight is 542 g/mol. The summed E-state index contributed by atoms with van der Waals surface area (Å²) in [5.41, 5.74) is 0.831. The van der Waals surface area contributed by atoms with Crippen molar-refractivity contribution >= 4 is 11.6 Å². The zero-order valence-corrected chi connectivity index (χ0v) is 21.2. The number of ether oxygens (including phenoxy) is 1. The summed E-state index contributed by atoms with van der Waals surface area (Å²) in [6, 6.07) is 4.11. The van der Waals surface area contributed by atoms with Crippen LogP contribution in [0.25, 0.3) is 22.8 Å². The molecule has 4 aromatic rings. The van der Waals surface area contributed by atoms with E-state index in [1.54, 1.807) is 6.07 Å². The minimum atomic E-state index is -4.64. The van der Waals surface area contributed by atoms with Crippen LogP contribution in [0.3, 0.4) is 0 Å². The number of hydrogen-bond acceptors (Lipinski definition) is 8. The number of carbonyl (C=O) groups excluding carboxylic acids is 1. The van der Waals surface area contributed by atoms with Gasteiger partial charge in [-0.15, -0.1) is 0 Å². The van der Waals surface area contributed by atoms with E-state index >= 15 is 0 Å². The zero-order chi connectivity index (χ0) is 27.9. The Morgan fingerprint density at radius 2 is 1.95 bits per heavy atom. The molecule has 202 valence electrons. The van der Waals surface area contributed by atoms with Gasteiger partial charge in [0, 0.05) is 31.9 Å². The fourth-order valence-corrected chi connectivity index (χ4v) is 4.20. The van der Waals surface area contributed by atoms with Gasteiger partial charge in [0.15, 0.2) is 17.3 Å². The Morgan fingerprint density at radius 3 is 2.56 bits per heavy atom. The third-order valence-corrected chi connectivity index (χ3v) is 6.29. The summed E-state index contributed by atoms with van der Waals surface area (Å²) in [5.74, 6) is -0.108. The number of aromatic nitrogens is 6. The van der Waals surface area contributed by atoms with Crippen molar-refractivity contribution in [3.8, 4) is 28.7 Å². The Morgan fingerprint density at radius 1 is 1.18 bits per heavy atom. The minimum Gasteiger partial charge on any atom is -0.480 e. The topological polar surface area (TPSA) is 108 Å². The number of hydrogen-bond donors (Lipinski definition) is 1. The second-order valence-corrected chi connectivity index (χ2v) is 9.16. The Bertz CT molecular complexity index is 1560. The van der Waals surface area contributed by atoms with E-state index in [0.29, 0.717) is 17.0 Å². The van der Waals surface area contributed by atoms with Gasteiger partial charge in [0.25, 0.3) is 0 Å². The summed E-state index contributed by atoms with van der Waals surface area (Å²) in [6.07, 6.45) is 0.936. The molecule has 39 heavy (non-hydrogen) atoms. The molecule has 0 unspecified atom stereocenters. The van der Waals surface area contributed by atoms with Gasteiger partial charge in [0.2, 0.25) is 5.88 Å². The van der Waals surface area contributed by atoms with E-state index in [1.165, 1.54) is 45.7 Å². The monoisotopic (exact) mass is 541 g/mol. The van der Waals surface area contributed by atoms with Gasteiger partial charge in [-0.1, -0.05) is 6.07 Å². The molecule has 9 nitrogen and oxygen atoms in total. The van der Waals surface area contributed by atoms with E-state index in [4.69, 9.17) is 4.74 Å². The fraction of sp³-hybridized carbons (Fsp3) is 0.308. The third-order valence-electron chi connectivity index (χ3n) is 6.29. The van der Waals surface area contributed by atoms with Crippen molar-refractivity contribution in [3.63, 3.8) is 0 Å². The lowest BCUT2D eigenvalue weighted by Gasteiger charge is -2.14. The van der Waals surface area contributed by atoms with Crippen LogP contribution >= 0.6 is 0 Å². The van der Waals surface area contributed by atoms with Crippen molar-refractivity contribution in [2.75, 3.05) is 12.4 Å². The molecule has 5 rings (SSSR count). The number of rotatable bonds is 8. The largest absolute Gasteiger partial charge is 0.480 e. The molecule has 0 radical (unpaired) electrons. The Hall–Kier alpha value is -4.42. The van der Waals surface area contributed by atoms with Gasteiger partial charge in [-0.2, -0.15) is 13.2 Å². The van der Waals surface area contributed by atoms with E-state index in [-0.39, 0.29) is 46.8 Å². The maximum Gasteiger partial charge on any atom is 0.434 e. The lowest BCUT2D eigenvalue weighted by molar-refractivity contribution is -0.140. The molecule has 0 bridgehead atoms. The van der Waals surface area contributed by atoms with Gasteiger partial charge in [0.1, 0.15) is 29.4 Å². The highest BCUT2D eigenvalue weighted by Gasteiger charge is 2.35. The Kier molecular flexibility index (Phi) is 6.74. The van der Waals surface area contributed by atoms with Crippen molar-refractivity contribution in [3.05, 3.63) is 65.3 Å². The first kappa shape index (κ1) is 26.2. The summed E-state index contributed by atoms with van der Waals surface area (Å²) in [6.45, 7) is 1.45. The van der Waals surface area contributed by atoms with Crippen molar-refractivity contribution in [1.29, 1.82) is 0 Å². The van der Waals surface area contributed by atoms with Crippen molar-refractivity contribution in [2.45, 2.75) is 38.4 Å². The van der Waals surface area contributed by atoms with E-state index in [1.807, 2.05) is 0 Å². The number of nitrogens with one attached hydrogen (secondary N) is 1. The number of anilines is 1. The zero-order valence-electron chi connectivity index (χ0n) is 21.2. The first-order valence-corrected chi connectivity index (χ1v) is 12.0. The van der Waals surface area contributed by atoms with Gasteiger partial charge in [-0.3, -0.25) is 4.79 Å². The van der Waals surface area contributed by atoms with Gasteiger partial charge in [0.05, 0.1) is 23.9 Å². The van der Waals surface area contributed by atoms with Crippen LogP contribution in [0.2, 0.25) is 0 Å². The summed E-state index contributed by atoms with van der Waals surface area (Å²) >= 11 is 0. The number of ketones is 1. The molecule has 1 aliphatic carbocycles. The van der Waals surface area contributed by atoms with Gasteiger partial charge in [-0.25, -0.2) is 29.3 Å². The van der Waals surface area contributed by atoms with E-state index in [9.17, 15) is 22.4 Å². The smallest absolute Gasteiger partial charge is 0.434 e. The fourth-order valence-electron chi connectivity index (χ4n) is 4.20. The number of nitrogens with zero attached hydrogens (tertiary/aromatic N) is 6. The molecule has 3 aromatic heterocycles. The van der Waals surface area contributed by atoms with Crippen LogP contribution in [0.4, 0.5) is 23.4 Å². The highest BCUT2D eigenvalue weighted by molar-refractivity contribution is 5.98. The third kappa shape index (κ3) is 5.29. The maximum atomic E-state index is 15.0. The first-order valence-electron chi connectivity index (χ1n) is 12.0. The summed E-state index contributed by atoms with van der Waals surface area (Å²) in [5, 5.41) is 3.05. The predicted molar refractivity (Wildman–Crippen MR) is 133 cm³/mol. The SMILES string of the molecule is COc1ncnc(C2CC2)c1-c1ncc(C(C)=O)c(NCc2ccc(-c3nc(C(F)(F)F)cn3C)c(F)c2)n1. The molecule has 0 aliphatic heterocycles. The van der Waals surface area contributed by atoms with Crippen LogP contribution in [0, 0.1) is 5.82 Å². The van der Waals surface area contributed by atoms with Crippen molar-refractivity contribution in [1.82, 2.24) is 29.5 Å². The normalized spacial score (nSPS) is 13.4. The van der Waals surface area contributed by atoms with Crippen LogP contribution in [0.15, 0.2) is 36.9 Å². The molecular weight excluding hydrogens is 518 g/mol. The highest BCUT2D eigenvalue weighted by atomic mass is 19.4. The number of imidazole rings is 1. The number of aryl methyl sites for hydroxylation is 1. The lowest BCUT2D eigenvalue weighted by Crippen LogP contribution is -2.10. The molecule has 0 atom stereocenters. The number of halogens is 4. The highest BCUT2D eigenvalue weighted by Crippen LogP contribution is 2.45. The Labute approximate surface area is 220 Å². The van der Waals surface area contributed by atoms with Crippen molar-refractivity contribution in [2.24, 2.45) is 7.05 Å². The Balaban J connectivity index is 1.44. The number of methoxy groups -OCH3 is 1. The number of benzene rings is 1. The second-order valence-electron chi connectivity index (χ2n) is 9.16. The average Bonchev–Trinajstić information content (AvgIpc) is 3.67. The van der Waals surface area contributed by atoms with Crippen LogP contribution in [0.1, 0.15) is 53.0 Å². The van der Waals surface area contributed by atoms with Crippen LogP contribution in [-0.4, -0.2) is 42.4 Å². The molecule has 0 amide bonds. The molecule has 1 fully saturated rings. The predicted octanol–water partition coefficient (Wildman–Crippen LogP) is 5.19. The summed E-state index contributed by atoms with van der Waals surface area (Å²) in [7, 11) is 2.85. The number of alkyl halides is 3. The van der Waals surface area contributed by atoms with Crippen LogP contribution < -0.4 is 10.1 Å². The van der Waals surface area contributed by atoms with Gasteiger partial charge < -0.3 is 14.6 Å². The lowest BCUT2D eigenvalue weighted by atomic mass is 10.1. The molecule has 1 aromatic carbocycles. The minimum absolute atomic E-state index is 0.0696. The summed E-state index contributed by atoms with van der Waals surface area (Å²) < 4.78 is 60.6. The van der Waals surface area contributed by atoms with Gasteiger partial charge >= 0.3 is 6.18 Å². The van der Waals surface area contributed by atoms with Crippen LogP contribution in [-0.2, 0) is 19.8 Å². The van der Waals surface area contributed by atoms with Gasteiger partial charge in [-0.05, 0) is 37.5 Å². The standard InChI is InChI=1S/C26H23F4N7O2/c1-13(38)17-10-32-23(20-21(15-5-6-15)33-12-34-25(20)39-3)36-22(17)31-9-14-4-7-16(18(27)8-14)24-35-19(11-37(24)2)26(28,29)30/h4,7-8,10-12,15H,5-6,9H2,1-3H3,(H,31,32,36). The quantitative estimate of drug-likeness (QED) is 0.240. The van der Waals surface area contributed by atoms with E-state index in [2.05, 4.69) is 30.2 Å². The van der Waals surface area contributed by atoms with E-state index < -0.39 is 17.7 Å². The van der Waals surface area contributed by atoms with Crippen molar-refractivity contribution < 1.29 is 27.1 Å². The molecule has 3 heterocycles. The summed E-state index contributed by atoms with van der Waals surface area (Å²) in [4.78, 5) is 33.3. The second kappa shape index (κ2) is 10.0. The molecule has 1 saturated carbocycles. The number of carbonyl (C=O) groups is 1. The first-order chi connectivity index (χ1) is 18.6. The van der Waals surface area contributed by atoms with E-state index in [0.717, 1.165) is 29.3 Å². The molecule has 1 N–H and O–H groups in total.